The van der Waals surface area contributed by atoms with Crippen LogP contribution in [0.2, 0.25) is 0 Å². The molecule has 9 heteroatoms. The average Bonchev–Trinajstić information content (AvgIpc) is 3.45. The smallest absolute Gasteiger partial charge is 0.231 e. The molecule has 0 radical (unpaired) electrons. The Hall–Kier alpha value is -3.59. The Morgan fingerprint density at radius 1 is 1.16 bits per heavy atom. The molecule has 0 aliphatic carbocycles. The second-order valence-corrected chi connectivity index (χ2v) is 7.96. The molecular weight excluding hydrogens is 414 g/mol. The summed E-state index contributed by atoms with van der Waals surface area (Å²) in [6.45, 7) is 2.16. The van der Waals surface area contributed by atoms with E-state index in [9.17, 15) is 4.79 Å². The number of aromatic nitrogens is 4. The highest BCUT2D eigenvalue weighted by Crippen LogP contribution is 2.34. The number of hydrogen-bond donors (Lipinski definition) is 1. The summed E-state index contributed by atoms with van der Waals surface area (Å²) < 4.78 is 12.5. The first-order valence-corrected chi connectivity index (χ1v) is 10.7. The number of thioether (sulfide) groups is 1. The maximum Gasteiger partial charge on any atom is 0.231 e. The lowest BCUT2D eigenvalue weighted by atomic mass is 10.1. The van der Waals surface area contributed by atoms with Crippen LogP contribution in [-0.2, 0) is 4.79 Å². The third kappa shape index (κ3) is 3.91. The van der Waals surface area contributed by atoms with E-state index in [1.807, 2.05) is 55.5 Å². The summed E-state index contributed by atoms with van der Waals surface area (Å²) in [5.41, 5.74) is 2.58. The first-order valence-electron chi connectivity index (χ1n) is 9.75. The van der Waals surface area contributed by atoms with Gasteiger partial charge in [0.2, 0.25) is 12.7 Å². The lowest BCUT2D eigenvalue weighted by Crippen LogP contribution is -2.28. The maximum absolute atomic E-state index is 12.5. The molecule has 5 rings (SSSR count). The van der Waals surface area contributed by atoms with Crippen molar-refractivity contribution < 1.29 is 14.3 Å². The molecule has 0 bridgehead atoms. The molecule has 1 aliphatic rings. The molecule has 4 aromatic rings. The Bertz CT molecular complexity index is 1240. The van der Waals surface area contributed by atoms with E-state index >= 15 is 0 Å². The summed E-state index contributed by atoms with van der Waals surface area (Å²) in [6.07, 6.45) is 3.23. The molecule has 0 saturated heterocycles. The molecule has 1 N–H and O–H groups in total. The Balaban J connectivity index is 1.26. The number of rotatable bonds is 6. The van der Waals surface area contributed by atoms with E-state index in [1.165, 1.54) is 18.1 Å². The summed E-state index contributed by atoms with van der Waals surface area (Å²) in [7, 11) is 0. The number of carbonyl (C=O) groups excluding carboxylic acids is 1. The number of ether oxygens (including phenoxy) is 2. The van der Waals surface area contributed by atoms with Gasteiger partial charge in [-0.3, -0.25) is 4.79 Å². The van der Waals surface area contributed by atoms with Gasteiger partial charge in [-0.2, -0.15) is 5.10 Å². The zero-order valence-electron chi connectivity index (χ0n) is 16.7. The van der Waals surface area contributed by atoms with Crippen molar-refractivity contribution in [1.82, 2.24) is 25.1 Å². The van der Waals surface area contributed by atoms with Crippen molar-refractivity contribution in [2.45, 2.75) is 18.0 Å². The fourth-order valence-corrected chi connectivity index (χ4v) is 4.15. The summed E-state index contributed by atoms with van der Waals surface area (Å²) in [5, 5.41) is 9.00. The summed E-state index contributed by atoms with van der Waals surface area (Å²) in [5.74, 6) is 1.57. The third-order valence-electron chi connectivity index (χ3n) is 4.94. The fraction of sp³-hybridized carbons (Fsp3) is 0.182. The van der Waals surface area contributed by atoms with Crippen LogP contribution in [0.1, 0.15) is 18.5 Å². The van der Waals surface area contributed by atoms with Crippen molar-refractivity contribution in [3.63, 3.8) is 0 Å². The second-order valence-electron chi connectivity index (χ2n) is 7.00. The molecule has 1 atom stereocenters. The number of nitrogens with one attached hydrogen (secondary N) is 1. The second kappa shape index (κ2) is 8.27. The molecule has 0 fully saturated rings. The van der Waals surface area contributed by atoms with Crippen molar-refractivity contribution >= 4 is 28.7 Å². The highest BCUT2D eigenvalue weighted by molar-refractivity contribution is 8.00. The van der Waals surface area contributed by atoms with Crippen LogP contribution in [0.25, 0.3) is 16.7 Å². The molecular formula is C22H19N5O3S. The minimum atomic E-state index is -0.158. The molecule has 0 saturated carbocycles. The highest BCUT2D eigenvalue weighted by Gasteiger charge is 2.18. The van der Waals surface area contributed by atoms with Gasteiger partial charge in [-0.05, 0) is 36.8 Å². The number of amides is 1. The SMILES string of the molecule is CC(NC(=O)CSc1ncnc2c1cnn2-c1ccccc1)c1ccc2c(c1)OCO2. The summed E-state index contributed by atoms with van der Waals surface area (Å²) in [6, 6.07) is 15.3. The highest BCUT2D eigenvalue weighted by atomic mass is 32.2. The molecule has 3 heterocycles. The number of hydrogen-bond acceptors (Lipinski definition) is 7. The number of carbonyl (C=O) groups is 1. The van der Waals surface area contributed by atoms with Crippen molar-refractivity contribution in [3.8, 4) is 17.2 Å². The van der Waals surface area contributed by atoms with Crippen molar-refractivity contribution in [1.29, 1.82) is 0 Å². The fourth-order valence-electron chi connectivity index (χ4n) is 3.38. The van der Waals surface area contributed by atoms with Crippen LogP contribution >= 0.6 is 11.8 Å². The lowest BCUT2D eigenvalue weighted by molar-refractivity contribution is -0.119. The molecule has 1 unspecified atom stereocenters. The van der Waals surface area contributed by atoms with Crippen LogP contribution in [0.3, 0.4) is 0 Å². The topological polar surface area (TPSA) is 91.2 Å². The number of nitrogens with zero attached hydrogens (tertiary/aromatic N) is 4. The molecule has 31 heavy (non-hydrogen) atoms. The van der Waals surface area contributed by atoms with Gasteiger partial charge in [0.05, 0.1) is 29.1 Å². The van der Waals surface area contributed by atoms with E-state index in [1.54, 1.807) is 10.9 Å². The van der Waals surface area contributed by atoms with E-state index in [-0.39, 0.29) is 24.5 Å². The molecule has 8 nitrogen and oxygen atoms in total. The van der Waals surface area contributed by atoms with Crippen LogP contribution in [0, 0.1) is 0 Å². The molecule has 156 valence electrons. The number of benzene rings is 2. The minimum Gasteiger partial charge on any atom is -0.454 e. The summed E-state index contributed by atoms with van der Waals surface area (Å²) >= 11 is 1.36. The molecule has 0 spiro atoms. The normalized spacial score (nSPS) is 13.3. The van der Waals surface area contributed by atoms with Gasteiger partial charge in [-0.25, -0.2) is 14.6 Å². The molecule has 2 aromatic heterocycles. The zero-order valence-corrected chi connectivity index (χ0v) is 17.5. The summed E-state index contributed by atoms with van der Waals surface area (Å²) in [4.78, 5) is 21.3. The first kappa shape index (κ1) is 19.4. The van der Waals surface area contributed by atoms with Gasteiger partial charge >= 0.3 is 0 Å². The Morgan fingerprint density at radius 2 is 2.00 bits per heavy atom. The average molecular weight is 433 g/mol. The van der Waals surface area contributed by atoms with Crippen LogP contribution < -0.4 is 14.8 Å². The van der Waals surface area contributed by atoms with Gasteiger partial charge in [-0.15, -0.1) is 0 Å². The number of fused-ring (bicyclic) bond motifs is 2. The van der Waals surface area contributed by atoms with Crippen molar-refractivity contribution in [3.05, 3.63) is 66.6 Å². The van der Waals surface area contributed by atoms with Crippen LogP contribution in [0.15, 0.2) is 66.1 Å². The molecule has 1 amide bonds. The van der Waals surface area contributed by atoms with E-state index < -0.39 is 0 Å². The minimum absolute atomic E-state index is 0.0858. The van der Waals surface area contributed by atoms with Gasteiger partial charge in [0.25, 0.3) is 0 Å². The van der Waals surface area contributed by atoms with E-state index in [0.717, 1.165) is 27.4 Å². The predicted octanol–water partition coefficient (Wildman–Crippen LogP) is 3.51. The first-order chi connectivity index (χ1) is 15.2. The Morgan fingerprint density at radius 3 is 2.87 bits per heavy atom. The van der Waals surface area contributed by atoms with Gasteiger partial charge < -0.3 is 14.8 Å². The number of para-hydroxylation sites is 1. The van der Waals surface area contributed by atoms with Gasteiger partial charge in [-0.1, -0.05) is 36.0 Å². The van der Waals surface area contributed by atoms with Crippen molar-refractivity contribution in [2.24, 2.45) is 0 Å². The lowest BCUT2D eigenvalue weighted by Gasteiger charge is -2.14. The molecule has 1 aliphatic heterocycles. The maximum atomic E-state index is 12.5. The van der Waals surface area contributed by atoms with Gasteiger partial charge in [0.15, 0.2) is 17.1 Å². The van der Waals surface area contributed by atoms with E-state index in [4.69, 9.17) is 9.47 Å². The predicted molar refractivity (Wildman–Crippen MR) is 117 cm³/mol. The van der Waals surface area contributed by atoms with Crippen LogP contribution in [0.4, 0.5) is 0 Å². The van der Waals surface area contributed by atoms with Gasteiger partial charge in [0, 0.05) is 0 Å². The zero-order chi connectivity index (χ0) is 21.2. The Kier molecular flexibility index (Phi) is 5.17. The van der Waals surface area contributed by atoms with E-state index in [0.29, 0.717) is 11.4 Å². The molecule has 2 aromatic carbocycles. The van der Waals surface area contributed by atoms with Crippen LogP contribution in [0.5, 0.6) is 11.5 Å². The Labute approximate surface area is 182 Å². The standard InChI is InChI=1S/C22H19N5O3S/c1-14(15-7-8-18-19(9-15)30-13-29-18)26-20(28)11-31-22-17-10-25-27(21(17)23-12-24-22)16-5-3-2-4-6-16/h2-10,12,14H,11,13H2,1H3,(H,26,28). The van der Waals surface area contributed by atoms with Crippen molar-refractivity contribution in [2.75, 3.05) is 12.5 Å². The van der Waals surface area contributed by atoms with E-state index in [2.05, 4.69) is 20.4 Å². The third-order valence-corrected chi connectivity index (χ3v) is 5.95. The monoisotopic (exact) mass is 433 g/mol. The van der Waals surface area contributed by atoms with Gasteiger partial charge in [0.1, 0.15) is 11.4 Å². The largest absolute Gasteiger partial charge is 0.454 e. The quantitative estimate of drug-likeness (QED) is 0.367. The van der Waals surface area contributed by atoms with Crippen LogP contribution in [-0.4, -0.2) is 38.2 Å².